The lowest BCUT2D eigenvalue weighted by molar-refractivity contribution is 0.194. The van der Waals surface area contributed by atoms with E-state index in [-0.39, 0.29) is 0 Å². The number of hydrogen-bond acceptors (Lipinski definition) is 4. The molecule has 142 valence electrons. The zero-order valence-electron chi connectivity index (χ0n) is 15.2. The van der Waals surface area contributed by atoms with Crippen molar-refractivity contribution in [2.45, 2.75) is 26.5 Å². The first kappa shape index (κ1) is 21.0. The van der Waals surface area contributed by atoms with Crippen molar-refractivity contribution in [2.24, 2.45) is 0 Å². The molecule has 0 aliphatic rings. The van der Waals surface area contributed by atoms with Crippen molar-refractivity contribution in [1.82, 2.24) is 5.32 Å². The van der Waals surface area contributed by atoms with E-state index in [0.717, 1.165) is 47.5 Å². The second-order valence-corrected chi connectivity index (χ2v) is 7.06. The molecule has 1 N–H and O–H groups in total. The van der Waals surface area contributed by atoms with Crippen LogP contribution in [-0.4, -0.2) is 26.9 Å². The third-order valence-electron chi connectivity index (χ3n) is 3.71. The van der Waals surface area contributed by atoms with Crippen molar-refractivity contribution in [2.75, 3.05) is 26.9 Å². The summed E-state index contributed by atoms with van der Waals surface area (Å²) in [6.07, 6.45) is 0.979. The second kappa shape index (κ2) is 11.4. The highest BCUT2D eigenvalue weighted by atomic mass is 79.9. The van der Waals surface area contributed by atoms with Crippen LogP contribution < -0.4 is 14.8 Å². The van der Waals surface area contributed by atoms with Gasteiger partial charge in [-0.1, -0.05) is 39.7 Å². The third kappa shape index (κ3) is 6.80. The molecule has 0 spiro atoms. The van der Waals surface area contributed by atoms with Gasteiger partial charge >= 0.3 is 0 Å². The normalized spacial score (nSPS) is 10.8. The van der Waals surface area contributed by atoms with E-state index in [4.69, 9.17) is 25.8 Å². The van der Waals surface area contributed by atoms with Crippen molar-refractivity contribution in [3.8, 4) is 11.5 Å². The molecule has 2 rings (SSSR count). The van der Waals surface area contributed by atoms with Crippen LogP contribution in [0.4, 0.5) is 0 Å². The molecule has 26 heavy (non-hydrogen) atoms. The van der Waals surface area contributed by atoms with E-state index in [9.17, 15) is 0 Å². The molecule has 0 saturated heterocycles. The summed E-state index contributed by atoms with van der Waals surface area (Å²) in [5, 5.41) is 4.11. The highest BCUT2D eigenvalue weighted by Crippen LogP contribution is 2.34. The zero-order valence-corrected chi connectivity index (χ0v) is 17.5. The predicted octanol–water partition coefficient (Wildman–Crippen LogP) is 5.21. The van der Waals surface area contributed by atoms with Crippen LogP contribution >= 0.6 is 27.5 Å². The smallest absolute Gasteiger partial charge is 0.162 e. The van der Waals surface area contributed by atoms with Crippen LogP contribution in [0.3, 0.4) is 0 Å². The van der Waals surface area contributed by atoms with Gasteiger partial charge in [-0.15, -0.1) is 0 Å². The first-order valence-electron chi connectivity index (χ1n) is 8.66. The lowest BCUT2D eigenvalue weighted by atomic mass is 10.2. The summed E-state index contributed by atoms with van der Waals surface area (Å²) in [6.45, 7) is 5.38. The molecule has 0 heterocycles. The molecule has 0 bridgehead atoms. The minimum Gasteiger partial charge on any atom is -0.490 e. The van der Waals surface area contributed by atoms with E-state index < -0.39 is 0 Å². The van der Waals surface area contributed by atoms with Gasteiger partial charge in [-0.25, -0.2) is 0 Å². The Morgan fingerprint density at radius 1 is 1.12 bits per heavy atom. The highest BCUT2D eigenvalue weighted by Gasteiger charge is 2.11. The Kier molecular flexibility index (Phi) is 9.26. The fourth-order valence-corrected chi connectivity index (χ4v) is 3.12. The van der Waals surface area contributed by atoms with Crippen molar-refractivity contribution in [1.29, 1.82) is 0 Å². The van der Waals surface area contributed by atoms with E-state index in [2.05, 4.69) is 21.2 Å². The minimum atomic E-state index is 0.432. The lowest BCUT2D eigenvalue weighted by Gasteiger charge is -2.15. The molecule has 0 fully saturated rings. The fourth-order valence-electron chi connectivity index (χ4n) is 2.45. The summed E-state index contributed by atoms with van der Waals surface area (Å²) in [4.78, 5) is 0. The van der Waals surface area contributed by atoms with Crippen LogP contribution in [0.2, 0.25) is 5.02 Å². The average molecular weight is 443 g/mol. The molecule has 0 unspecified atom stereocenters. The van der Waals surface area contributed by atoms with Gasteiger partial charge in [0.25, 0.3) is 0 Å². The minimum absolute atomic E-state index is 0.432. The maximum atomic E-state index is 6.03. The summed E-state index contributed by atoms with van der Waals surface area (Å²) in [5.74, 6) is 1.45. The van der Waals surface area contributed by atoms with Crippen LogP contribution in [0.25, 0.3) is 0 Å². The molecule has 0 saturated carbocycles. The summed E-state index contributed by atoms with van der Waals surface area (Å²) < 4.78 is 17.8. The van der Waals surface area contributed by atoms with Gasteiger partial charge in [-0.05, 0) is 55.3 Å². The van der Waals surface area contributed by atoms with Gasteiger partial charge in [0.15, 0.2) is 11.5 Å². The van der Waals surface area contributed by atoms with Gasteiger partial charge in [-0.2, -0.15) is 0 Å². The van der Waals surface area contributed by atoms with Gasteiger partial charge in [0.2, 0.25) is 0 Å². The Morgan fingerprint density at radius 3 is 2.65 bits per heavy atom. The zero-order chi connectivity index (χ0) is 18.8. The molecule has 0 radical (unpaired) electrons. The number of benzene rings is 2. The lowest BCUT2D eigenvalue weighted by Crippen LogP contribution is -2.16. The largest absolute Gasteiger partial charge is 0.490 e. The highest BCUT2D eigenvalue weighted by molar-refractivity contribution is 9.10. The van der Waals surface area contributed by atoms with Gasteiger partial charge < -0.3 is 19.5 Å². The number of halogens is 2. The second-order valence-electron chi connectivity index (χ2n) is 5.77. The Bertz CT molecular complexity index is 697. The van der Waals surface area contributed by atoms with Crippen molar-refractivity contribution in [3.63, 3.8) is 0 Å². The number of methoxy groups -OCH3 is 1. The average Bonchev–Trinajstić information content (AvgIpc) is 2.62. The number of hydrogen-bond donors (Lipinski definition) is 1. The van der Waals surface area contributed by atoms with E-state index in [0.29, 0.717) is 24.0 Å². The van der Waals surface area contributed by atoms with Crippen LogP contribution in [0.15, 0.2) is 40.9 Å². The van der Waals surface area contributed by atoms with Gasteiger partial charge in [-0.3, -0.25) is 0 Å². The molecule has 0 amide bonds. The third-order valence-corrected chi connectivity index (χ3v) is 4.69. The molecular formula is C20H25BrClNO3. The fraction of sp³-hybridized carbons (Fsp3) is 0.400. The predicted molar refractivity (Wildman–Crippen MR) is 109 cm³/mol. The van der Waals surface area contributed by atoms with Crippen molar-refractivity contribution < 1.29 is 14.2 Å². The molecule has 0 aromatic heterocycles. The van der Waals surface area contributed by atoms with Crippen LogP contribution in [0.5, 0.6) is 11.5 Å². The molecule has 6 heteroatoms. The monoisotopic (exact) mass is 441 g/mol. The summed E-state index contributed by atoms with van der Waals surface area (Å²) >= 11 is 9.66. The Labute approximate surface area is 168 Å². The molecule has 0 aliphatic heterocycles. The quantitative estimate of drug-likeness (QED) is 0.485. The maximum Gasteiger partial charge on any atom is 0.162 e. The van der Waals surface area contributed by atoms with Crippen LogP contribution in [0, 0.1) is 0 Å². The molecular weight excluding hydrogens is 418 g/mol. The first-order valence-corrected chi connectivity index (χ1v) is 9.83. The van der Waals surface area contributed by atoms with E-state index >= 15 is 0 Å². The number of nitrogens with one attached hydrogen (secondary N) is 1. The Hall–Kier alpha value is -1.27. The molecule has 0 atom stereocenters. The summed E-state index contributed by atoms with van der Waals surface area (Å²) in [5.41, 5.74) is 2.14. The summed E-state index contributed by atoms with van der Waals surface area (Å²) in [6, 6.07) is 11.6. The van der Waals surface area contributed by atoms with Crippen LogP contribution in [0.1, 0.15) is 24.5 Å². The maximum absolute atomic E-state index is 6.03. The standard InChI is InChI=1S/C20H25BrClNO3/c1-3-25-19-11-16(13-23-8-5-9-24-2)18(21)12-20(19)26-14-15-6-4-7-17(22)10-15/h4,6-7,10-12,23H,3,5,8-9,13-14H2,1-2H3. The van der Waals surface area contributed by atoms with Gasteiger partial charge in [0.1, 0.15) is 6.61 Å². The van der Waals surface area contributed by atoms with Crippen molar-refractivity contribution >= 4 is 27.5 Å². The number of rotatable bonds is 11. The van der Waals surface area contributed by atoms with E-state index in [1.807, 2.05) is 43.3 Å². The SMILES string of the molecule is CCOc1cc(CNCCCOC)c(Br)cc1OCc1cccc(Cl)c1. The molecule has 4 nitrogen and oxygen atoms in total. The number of ether oxygens (including phenoxy) is 3. The van der Waals surface area contributed by atoms with Crippen molar-refractivity contribution in [3.05, 3.63) is 57.0 Å². The van der Waals surface area contributed by atoms with Crippen LogP contribution in [-0.2, 0) is 17.9 Å². The Morgan fingerprint density at radius 2 is 1.92 bits per heavy atom. The van der Waals surface area contributed by atoms with E-state index in [1.54, 1.807) is 7.11 Å². The molecule has 2 aromatic carbocycles. The van der Waals surface area contributed by atoms with E-state index in [1.165, 1.54) is 0 Å². The topological polar surface area (TPSA) is 39.7 Å². The van der Waals surface area contributed by atoms with Gasteiger partial charge in [0, 0.05) is 29.8 Å². The summed E-state index contributed by atoms with van der Waals surface area (Å²) in [7, 11) is 1.72. The first-order chi connectivity index (χ1) is 12.6. The molecule has 2 aromatic rings. The van der Waals surface area contributed by atoms with Gasteiger partial charge in [0.05, 0.1) is 6.61 Å². The molecule has 0 aliphatic carbocycles. The Balaban J connectivity index is 2.04.